The summed E-state index contributed by atoms with van der Waals surface area (Å²) in [4.78, 5) is 14.4. The lowest BCUT2D eigenvalue weighted by Gasteiger charge is -2.26. The Morgan fingerprint density at radius 2 is 2.00 bits per heavy atom. The third-order valence-corrected chi connectivity index (χ3v) is 4.66. The first-order chi connectivity index (χ1) is 11.6. The fourth-order valence-electron chi connectivity index (χ4n) is 3.30. The van der Waals surface area contributed by atoms with E-state index in [0.717, 1.165) is 25.3 Å². The number of amides is 1. The monoisotopic (exact) mass is 332 g/mol. The van der Waals surface area contributed by atoms with Gasteiger partial charge in [-0.25, -0.2) is 0 Å². The van der Waals surface area contributed by atoms with Crippen molar-refractivity contribution < 1.29 is 9.53 Å². The smallest absolute Gasteiger partial charge is 0.257 e. The highest BCUT2D eigenvalue weighted by atomic mass is 16.5. The predicted octanol–water partition coefficient (Wildman–Crippen LogP) is 3.49. The summed E-state index contributed by atoms with van der Waals surface area (Å²) in [6.45, 7) is 10.8. The van der Waals surface area contributed by atoms with E-state index in [0.29, 0.717) is 5.92 Å². The van der Waals surface area contributed by atoms with Gasteiger partial charge in [-0.3, -0.25) is 4.79 Å². The lowest BCUT2D eigenvalue weighted by atomic mass is 9.98. The first-order valence-electron chi connectivity index (χ1n) is 9.28. The second kappa shape index (κ2) is 9.67. The average Bonchev–Trinajstić information content (AvgIpc) is 2.57. The molecule has 0 bridgehead atoms. The molecule has 1 aliphatic rings. The van der Waals surface area contributed by atoms with Crippen LogP contribution in [0.25, 0.3) is 0 Å². The topological polar surface area (TPSA) is 41.6 Å². The van der Waals surface area contributed by atoms with Crippen molar-refractivity contribution in [1.29, 1.82) is 0 Å². The van der Waals surface area contributed by atoms with Crippen LogP contribution in [0.1, 0.15) is 56.6 Å². The van der Waals surface area contributed by atoms with Crippen molar-refractivity contribution in [2.75, 3.05) is 32.8 Å². The molecule has 4 nitrogen and oxygen atoms in total. The Morgan fingerprint density at radius 3 is 2.67 bits per heavy atom. The maximum Gasteiger partial charge on any atom is 0.257 e. The molecule has 1 aromatic carbocycles. The number of hydrogen-bond acceptors (Lipinski definition) is 3. The predicted molar refractivity (Wildman–Crippen MR) is 98.7 cm³/mol. The zero-order valence-electron chi connectivity index (χ0n) is 15.4. The van der Waals surface area contributed by atoms with Crippen molar-refractivity contribution in [3.8, 4) is 5.75 Å². The van der Waals surface area contributed by atoms with Crippen LogP contribution in [0.3, 0.4) is 0 Å². The molecule has 1 aliphatic heterocycles. The highest BCUT2D eigenvalue weighted by molar-refractivity contribution is 5.77. The van der Waals surface area contributed by atoms with Crippen LogP contribution in [0.15, 0.2) is 18.2 Å². The lowest BCUT2D eigenvalue weighted by Crippen LogP contribution is -2.34. The maximum absolute atomic E-state index is 11.9. The molecule has 1 aromatic rings. The van der Waals surface area contributed by atoms with Gasteiger partial charge in [0.1, 0.15) is 5.75 Å². The molecule has 1 saturated heterocycles. The number of benzene rings is 1. The second-order valence-corrected chi connectivity index (χ2v) is 7.07. The average molecular weight is 332 g/mol. The van der Waals surface area contributed by atoms with Gasteiger partial charge in [0.15, 0.2) is 6.61 Å². The molecule has 134 valence electrons. The molecular weight excluding hydrogens is 300 g/mol. The molecule has 4 heteroatoms. The van der Waals surface area contributed by atoms with Crippen LogP contribution in [-0.4, -0.2) is 43.6 Å². The largest absolute Gasteiger partial charge is 0.484 e. The van der Waals surface area contributed by atoms with Crippen LogP contribution in [-0.2, 0) is 4.79 Å². The number of nitrogens with one attached hydrogen (secondary N) is 1. The number of carbonyl (C=O) groups is 1. The van der Waals surface area contributed by atoms with Gasteiger partial charge in [-0.05, 0) is 75.0 Å². The molecule has 0 aliphatic carbocycles. The zero-order valence-corrected chi connectivity index (χ0v) is 15.4. The SMILES string of the molecule is Cc1cc(OCC(=O)NCCCN2CCCCC2)ccc1C(C)C. The summed E-state index contributed by atoms with van der Waals surface area (Å²) in [7, 11) is 0. The molecule has 0 aromatic heterocycles. The van der Waals surface area contributed by atoms with Gasteiger partial charge in [0.2, 0.25) is 0 Å². The first-order valence-corrected chi connectivity index (χ1v) is 9.28. The Kier molecular flexibility index (Phi) is 7.57. The standard InChI is InChI=1S/C20H32N2O2/c1-16(2)19-9-8-18(14-17(19)3)24-15-20(23)21-10-7-13-22-11-5-4-6-12-22/h8-9,14,16H,4-7,10-13,15H2,1-3H3,(H,21,23). The molecule has 24 heavy (non-hydrogen) atoms. The maximum atomic E-state index is 11.9. The fraction of sp³-hybridized carbons (Fsp3) is 0.650. The third kappa shape index (κ3) is 6.16. The summed E-state index contributed by atoms with van der Waals surface area (Å²) in [5.74, 6) is 1.22. The molecule has 0 radical (unpaired) electrons. The van der Waals surface area contributed by atoms with E-state index in [1.165, 1.54) is 43.5 Å². The number of likely N-dealkylation sites (tertiary alicyclic amines) is 1. The van der Waals surface area contributed by atoms with E-state index in [2.05, 4.69) is 37.1 Å². The molecule has 0 saturated carbocycles. The van der Waals surface area contributed by atoms with Crippen LogP contribution < -0.4 is 10.1 Å². The Labute approximate surface area is 146 Å². The summed E-state index contributed by atoms with van der Waals surface area (Å²) in [5.41, 5.74) is 2.54. The van der Waals surface area contributed by atoms with Gasteiger partial charge in [0.05, 0.1) is 0 Å². The van der Waals surface area contributed by atoms with Crippen molar-refractivity contribution in [1.82, 2.24) is 10.2 Å². The van der Waals surface area contributed by atoms with Crippen LogP contribution >= 0.6 is 0 Å². The quantitative estimate of drug-likeness (QED) is 0.741. The van der Waals surface area contributed by atoms with Crippen LogP contribution in [0.4, 0.5) is 0 Å². The van der Waals surface area contributed by atoms with E-state index < -0.39 is 0 Å². The minimum Gasteiger partial charge on any atom is -0.484 e. The number of carbonyl (C=O) groups excluding carboxylic acids is 1. The van der Waals surface area contributed by atoms with Gasteiger partial charge in [0.25, 0.3) is 5.91 Å². The molecule has 1 amide bonds. The third-order valence-electron chi connectivity index (χ3n) is 4.66. The summed E-state index contributed by atoms with van der Waals surface area (Å²) < 4.78 is 5.61. The number of ether oxygens (including phenoxy) is 1. The molecule has 1 heterocycles. The highest BCUT2D eigenvalue weighted by Crippen LogP contribution is 2.23. The highest BCUT2D eigenvalue weighted by Gasteiger charge is 2.10. The van der Waals surface area contributed by atoms with Crippen LogP contribution in [0.2, 0.25) is 0 Å². The Bertz CT molecular complexity index is 522. The van der Waals surface area contributed by atoms with E-state index in [1.807, 2.05) is 12.1 Å². The Morgan fingerprint density at radius 1 is 1.25 bits per heavy atom. The molecule has 1 fully saturated rings. The normalized spacial score (nSPS) is 15.5. The molecule has 2 rings (SSSR count). The second-order valence-electron chi connectivity index (χ2n) is 7.07. The summed E-state index contributed by atoms with van der Waals surface area (Å²) in [5, 5.41) is 2.95. The number of rotatable bonds is 8. The summed E-state index contributed by atoms with van der Waals surface area (Å²) >= 11 is 0. The number of hydrogen-bond donors (Lipinski definition) is 1. The van der Waals surface area contributed by atoms with E-state index in [9.17, 15) is 4.79 Å². The molecule has 1 N–H and O–H groups in total. The van der Waals surface area contributed by atoms with Gasteiger partial charge >= 0.3 is 0 Å². The minimum atomic E-state index is -0.0424. The van der Waals surface area contributed by atoms with Crippen molar-refractivity contribution in [3.05, 3.63) is 29.3 Å². The van der Waals surface area contributed by atoms with E-state index in [4.69, 9.17) is 4.74 Å². The van der Waals surface area contributed by atoms with Crippen molar-refractivity contribution in [2.24, 2.45) is 0 Å². The van der Waals surface area contributed by atoms with Gasteiger partial charge in [0, 0.05) is 6.54 Å². The Balaban J connectivity index is 1.63. The molecule has 0 spiro atoms. The first kappa shape index (κ1) is 18.8. The molecule has 0 atom stereocenters. The van der Waals surface area contributed by atoms with E-state index >= 15 is 0 Å². The summed E-state index contributed by atoms with van der Waals surface area (Å²) in [6.07, 6.45) is 5.00. The lowest BCUT2D eigenvalue weighted by molar-refractivity contribution is -0.123. The number of piperidine rings is 1. The van der Waals surface area contributed by atoms with Crippen LogP contribution in [0.5, 0.6) is 5.75 Å². The fourth-order valence-corrected chi connectivity index (χ4v) is 3.30. The summed E-state index contributed by atoms with van der Waals surface area (Å²) in [6, 6.07) is 6.05. The van der Waals surface area contributed by atoms with E-state index in [1.54, 1.807) is 0 Å². The van der Waals surface area contributed by atoms with Gasteiger partial charge in [-0.15, -0.1) is 0 Å². The van der Waals surface area contributed by atoms with Gasteiger partial charge in [-0.2, -0.15) is 0 Å². The van der Waals surface area contributed by atoms with E-state index in [-0.39, 0.29) is 12.5 Å². The van der Waals surface area contributed by atoms with Crippen molar-refractivity contribution >= 4 is 5.91 Å². The minimum absolute atomic E-state index is 0.0424. The molecular formula is C20H32N2O2. The Hall–Kier alpha value is -1.55. The zero-order chi connectivity index (χ0) is 17.4. The van der Waals surface area contributed by atoms with Gasteiger partial charge in [-0.1, -0.05) is 26.3 Å². The number of aryl methyl sites for hydroxylation is 1. The number of nitrogens with zero attached hydrogens (tertiary/aromatic N) is 1. The van der Waals surface area contributed by atoms with Crippen molar-refractivity contribution in [2.45, 2.75) is 52.4 Å². The van der Waals surface area contributed by atoms with Crippen molar-refractivity contribution in [3.63, 3.8) is 0 Å². The molecule has 0 unspecified atom stereocenters. The van der Waals surface area contributed by atoms with Gasteiger partial charge < -0.3 is 15.0 Å². The van der Waals surface area contributed by atoms with Crippen LogP contribution in [0, 0.1) is 6.92 Å².